The van der Waals surface area contributed by atoms with Gasteiger partial charge in [-0.3, -0.25) is 15.2 Å². The topological polar surface area (TPSA) is 114 Å². The van der Waals surface area contributed by atoms with Gasteiger partial charge in [0.1, 0.15) is 0 Å². The average Bonchev–Trinajstić information content (AvgIpc) is 3.01. The summed E-state index contributed by atoms with van der Waals surface area (Å²) in [5.74, 6) is 0.314. The fourth-order valence-corrected chi connectivity index (χ4v) is 5.42. The fraction of sp³-hybridized carbons (Fsp3) is 0.361. The average molecular weight is 626 g/mol. The number of hydrogen-bond donors (Lipinski definition) is 3. The maximum atomic E-state index is 13.5. The highest BCUT2D eigenvalue weighted by atomic mass is 16.6. The SMILES string of the molecule is COc1c(NC(=O)Nc2ccc(-c3ccc(CN4CCOCC4)nc3)c3ccccc23)cc(C(C)(C)C)cc1NC(=O)OC(C)C. The van der Waals surface area contributed by atoms with Crippen molar-refractivity contribution in [3.63, 3.8) is 0 Å². The lowest BCUT2D eigenvalue weighted by molar-refractivity contribution is 0.0336. The summed E-state index contributed by atoms with van der Waals surface area (Å²) in [6.45, 7) is 13.8. The van der Waals surface area contributed by atoms with Crippen LogP contribution in [0.1, 0.15) is 45.9 Å². The Balaban J connectivity index is 1.39. The first-order chi connectivity index (χ1) is 22.0. The molecule has 1 aliphatic heterocycles. The van der Waals surface area contributed by atoms with E-state index in [0.29, 0.717) is 22.8 Å². The molecule has 0 aliphatic carbocycles. The largest absolute Gasteiger partial charge is 0.492 e. The Morgan fingerprint density at radius 1 is 0.913 bits per heavy atom. The third-order valence-electron chi connectivity index (χ3n) is 7.78. The molecule has 0 unspecified atom stereocenters. The van der Waals surface area contributed by atoms with Gasteiger partial charge in [0.05, 0.1) is 49.2 Å². The Bertz CT molecular complexity index is 1690. The predicted molar refractivity (Wildman–Crippen MR) is 183 cm³/mol. The van der Waals surface area contributed by atoms with Crippen LogP contribution in [0.15, 0.2) is 66.9 Å². The van der Waals surface area contributed by atoms with Crippen molar-refractivity contribution in [3.05, 3.63) is 78.1 Å². The predicted octanol–water partition coefficient (Wildman–Crippen LogP) is 7.64. The van der Waals surface area contributed by atoms with Gasteiger partial charge in [-0.15, -0.1) is 0 Å². The quantitative estimate of drug-likeness (QED) is 0.184. The zero-order valence-electron chi connectivity index (χ0n) is 27.4. The Labute approximate surface area is 270 Å². The van der Waals surface area contributed by atoms with Crippen molar-refractivity contribution in [2.75, 3.05) is 49.4 Å². The lowest BCUT2D eigenvalue weighted by atomic mass is 9.86. The second kappa shape index (κ2) is 14.2. The first kappa shape index (κ1) is 32.7. The summed E-state index contributed by atoms with van der Waals surface area (Å²) < 4.78 is 16.4. The minimum atomic E-state index is -0.608. The van der Waals surface area contributed by atoms with Gasteiger partial charge in [0.2, 0.25) is 0 Å². The Morgan fingerprint density at radius 2 is 1.59 bits per heavy atom. The molecule has 10 nitrogen and oxygen atoms in total. The molecule has 1 aromatic heterocycles. The van der Waals surface area contributed by atoms with Crippen molar-refractivity contribution >= 4 is 40.0 Å². The molecule has 5 rings (SSSR count). The normalized spacial score (nSPS) is 13.8. The number of aromatic nitrogens is 1. The van der Waals surface area contributed by atoms with Gasteiger partial charge in [0.25, 0.3) is 0 Å². The molecule has 1 saturated heterocycles. The molecule has 2 heterocycles. The molecule has 3 amide bonds. The molecule has 10 heteroatoms. The van der Waals surface area contributed by atoms with Crippen LogP contribution in [0.2, 0.25) is 0 Å². The van der Waals surface area contributed by atoms with Gasteiger partial charge in [0, 0.05) is 36.8 Å². The summed E-state index contributed by atoms with van der Waals surface area (Å²) in [4.78, 5) is 33.0. The van der Waals surface area contributed by atoms with Crippen molar-refractivity contribution < 1.29 is 23.8 Å². The third kappa shape index (κ3) is 7.94. The van der Waals surface area contributed by atoms with E-state index in [4.69, 9.17) is 19.2 Å². The minimum absolute atomic E-state index is 0.279. The molecule has 46 heavy (non-hydrogen) atoms. The molecule has 0 bridgehead atoms. The molecule has 3 N–H and O–H groups in total. The van der Waals surface area contributed by atoms with E-state index in [1.807, 2.05) is 54.7 Å². The number of urea groups is 1. The molecule has 4 aromatic rings. The highest BCUT2D eigenvalue weighted by Crippen LogP contribution is 2.39. The van der Waals surface area contributed by atoms with Crippen molar-refractivity contribution in [2.45, 2.75) is 52.7 Å². The fourth-order valence-electron chi connectivity index (χ4n) is 5.42. The van der Waals surface area contributed by atoms with Crippen molar-refractivity contribution in [1.82, 2.24) is 9.88 Å². The van der Waals surface area contributed by atoms with E-state index in [1.54, 1.807) is 13.8 Å². The van der Waals surface area contributed by atoms with Gasteiger partial charge in [0.15, 0.2) is 5.75 Å². The van der Waals surface area contributed by atoms with E-state index >= 15 is 0 Å². The van der Waals surface area contributed by atoms with Crippen LogP contribution in [0.5, 0.6) is 5.75 Å². The standard InChI is InChI=1S/C36H43N5O5/c1-23(2)46-35(43)40-32-20-25(36(3,4)5)19-31(33(32)44-6)39-34(42)38-30-14-13-27(28-9-7-8-10-29(28)30)24-11-12-26(37-21-24)22-41-15-17-45-18-16-41/h7-14,19-21,23H,15-18,22H2,1-6H3,(H,40,43)(H2,38,39,42). The number of carbonyl (C=O) groups is 2. The van der Waals surface area contributed by atoms with E-state index in [-0.39, 0.29) is 11.5 Å². The van der Waals surface area contributed by atoms with Crippen LogP contribution in [-0.2, 0) is 21.4 Å². The summed E-state index contributed by atoms with van der Waals surface area (Å²) in [6.07, 6.45) is 1.01. The summed E-state index contributed by atoms with van der Waals surface area (Å²) in [5, 5.41) is 10.6. The van der Waals surface area contributed by atoms with E-state index in [9.17, 15) is 9.59 Å². The van der Waals surface area contributed by atoms with Crippen LogP contribution >= 0.6 is 0 Å². The van der Waals surface area contributed by atoms with Crippen LogP contribution in [0.3, 0.4) is 0 Å². The van der Waals surface area contributed by atoms with E-state index < -0.39 is 12.1 Å². The molecule has 0 saturated carbocycles. The lowest BCUT2D eigenvalue weighted by Crippen LogP contribution is -2.35. The number of morpholine rings is 1. The smallest absolute Gasteiger partial charge is 0.411 e. The number of hydrogen-bond acceptors (Lipinski definition) is 7. The Kier molecular flexibility index (Phi) is 10.1. The van der Waals surface area contributed by atoms with Gasteiger partial charge in [-0.1, -0.05) is 57.2 Å². The number of rotatable bonds is 8. The highest BCUT2D eigenvalue weighted by molar-refractivity contribution is 6.10. The van der Waals surface area contributed by atoms with Crippen LogP contribution < -0.4 is 20.7 Å². The number of nitrogens with one attached hydrogen (secondary N) is 3. The molecule has 0 spiro atoms. The zero-order valence-corrected chi connectivity index (χ0v) is 27.4. The molecule has 3 aromatic carbocycles. The summed E-state index contributed by atoms with van der Waals surface area (Å²) in [5.41, 5.74) is 5.12. The second-order valence-corrected chi connectivity index (χ2v) is 12.6. The van der Waals surface area contributed by atoms with Gasteiger partial charge in [-0.25, -0.2) is 9.59 Å². The van der Waals surface area contributed by atoms with Crippen molar-refractivity contribution in [3.8, 4) is 16.9 Å². The maximum Gasteiger partial charge on any atom is 0.411 e. The minimum Gasteiger partial charge on any atom is -0.492 e. The summed E-state index contributed by atoms with van der Waals surface area (Å²) in [6, 6.07) is 19.3. The number of anilines is 3. The van der Waals surface area contributed by atoms with Crippen LogP contribution in [0.4, 0.5) is 26.7 Å². The number of benzene rings is 3. The summed E-state index contributed by atoms with van der Waals surface area (Å²) in [7, 11) is 1.49. The van der Waals surface area contributed by atoms with E-state index in [1.165, 1.54) is 7.11 Å². The molecule has 0 radical (unpaired) electrons. The first-order valence-corrected chi connectivity index (χ1v) is 15.6. The number of nitrogens with zero attached hydrogens (tertiary/aromatic N) is 2. The van der Waals surface area contributed by atoms with Crippen LogP contribution in [0.25, 0.3) is 21.9 Å². The molecule has 1 aliphatic rings. The zero-order chi connectivity index (χ0) is 32.8. The first-order valence-electron chi connectivity index (χ1n) is 15.6. The monoisotopic (exact) mass is 625 g/mol. The molecule has 0 atom stereocenters. The Hall–Kier alpha value is -4.67. The van der Waals surface area contributed by atoms with Gasteiger partial charge < -0.3 is 24.8 Å². The third-order valence-corrected chi connectivity index (χ3v) is 7.78. The number of carbonyl (C=O) groups excluding carboxylic acids is 2. The number of amides is 3. The van der Waals surface area contributed by atoms with E-state index in [0.717, 1.165) is 66.0 Å². The van der Waals surface area contributed by atoms with Crippen molar-refractivity contribution in [1.29, 1.82) is 0 Å². The number of methoxy groups -OCH3 is 1. The molecule has 1 fully saturated rings. The van der Waals surface area contributed by atoms with Crippen LogP contribution in [-0.4, -0.2) is 61.5 Å². The van der Waals surface area contributed by atoms with Gasteiger partial charge in [-0.05, 0) is 60.0 Å². The van der Waals surface area contributed by atoms with E-state index in [2.05, 4.69) is 53.8 Å². The van der Waals surface area contributed by atoms with Crippen LogP contribution in [0, 0.1) is 0 Å². The maximum absolute atomic E-state index is 13.5. The second-order valence-electron chi connectivity index (χ2n) is 12.6. The number of fused-ring (bicyclic) bond motifs is 1. The van der Waals surface area contributed by atoms with Gasteiger partial charge >= 0.3 is 12.1 Å². The molecular weight excluding hydrogens is 582 g/mol. The Morgan fingerprint density at radius 3 is 2.22 bits per heavy atom. The highest BCUT2D eigenvalue weighted by Gasteiger charge is 2.23. The summed E-state index contributed by atoms with van der Waals surface area (Å²) >= 11 is 0. The molecular formula is C36H43N5O5. The number of ether oxygens (including phenoxy) is 3. The van der Waals surface area contributed by atoms with Gasteiger partial charge in [-0.2, -0.15) is 0 Å². The number of pyridine rings is 1. The lowest BCUT2D eigenvalue weighted by Gasteiger charge is -2.26. The molecule has 242 valence electrons. The van der Waals surface area contributed by atoms with Crippen molar-refractivity contribution in [2.24, 2.45) is 0 Å².